The van der Waals surface area contributed by atoms with E-state index in [1.807, 2.05) is 0 Å². The monoisotopic (exact) mass is 405 g/mol. The molecule has 0 saturated carbocycles. The molecule has 4 unspecified atom stereocenters. The molecule has 0 bridgehead atoms. The number of nitrogens with zero attached hydrogens (tertiary/aromatic N) is 2. The molecule has 2 heteroatoms. The van der Waals surface area contributed by atoms with Crippen LogP contribution in [0.5, 0.6) is 0 Å². The lowest BCUT2D eigenvalue weighted by Crippen LogP contribution is -2.69. The first kappa shape index (κ1) is 21.4. The van der Waals surface area contributed by atoms with Crippen LogP contribution >= 0.6 is 0 Å². The van der Waals surface area contributed by atoms with E-state index in [1.165, 1.54) is 60.3 Å². The Morgan fingerprint density at radius 1 is 0.933 bits per heavy atom. The predicted molar refractivity (Wildman–Crippen MR) is 132 cm³/mol. The smallest absolute Gasteiger partial charge is 0.180 e. The summed E-state index contributed by atoms with van der Waals surface area (Å²) in [6.07, 6.45) is 6.47. The number of aryl methyl sites for hydroxylation is 1. The molecular weight excluding hydrogens is 364 g/mol. The zero-order valence-electron chi connectivity index (χ0n) is 20.3. The van der Waals surface area contributed by atoms with Crippen molar-refractivity contribution in [3.63, 3.8) is 0 Å². The average molecular weight is 406 g/mol. The van der Waals surface area contributed by atoms with Gasteiger partial charge in [-0.15, -0.1) is 0 Å². The molecule has 2 aliphatic heterocycles. The second-order valence-corrected chi connectivity index (χ2v) is 10.2. The van der Waals surface area contributed by atoms with Gasteiger partial charge in [0.15, 0.2) is 11.9 Å². The van der Waals surface area contributed by atoms with Crippen molar-refractivity contribution in [3.8, 4) is 0 Å². The molecule has 0 aromatic heterocycles. The van der Waals surface area contributed by atoms with E-state index in [2.05, 4.69) is 96.0 Å². The first-order chi connectivity index (χ1) is 14.3. The summed E-state index contributed by atoms with van der Waals surface area (Å²) in [5.41, 5.74) is 7.72. The normalized spacial score (nSPS) is 32.0. The summed E-state index contributed by atoms with van der Waals surface area (Å²) in [6.45, 7) is 15.7. The second-order valence-electron chi connectivity index (χ2n) is 10.2. The Kier molecular flexibility index (Phi) is 5.29. The molecule has 0 spiro atoms. The number of hydrogen-bond donors (Lipinski definition) is 0. The molecular formula is C28H41N2+. The summed E-state index contributed by atoms with van der Waals surface area (Å²) < 4.78 is 1.00. The van der Waals surface area contributed by atoms with Crippen LogP contribution in [0.3, 0.4) is 0 Å². The Morgan fingerprint density at radius 3 is 2.30 bits per heavy atom. The lowest BCUT2D eigenvalue weighted by Gasteiger charge is -2.59. The molecule has 2 nitrogen and oxygen atoms in total. The Morgan fingerprint density at radius 2 is 1.67 bits per heavy atom. The van der Waals surface area contributed by atoms with Gasteiger partial charge in [-0.3, -0.25) is 9.38 Å². The zero-order chi connectivity index (χ0) is 21.7. The van der Waals surface area contributed by atoms with Crippen molar-refractivity contribution in [2.45, 2.75) is 85.2 Å². The van der Waals surface area contributed by atoms with Crippen molar-refractivity contribution in [2.24, 2.45) is 5.41 Å². The van der Waals surface area contributed by atoms with E-state index in [0.29, 0.717) is 6.17 Å². The van der Waals surface area contributed by atoms with Gasteiger partial charge >= 0.3 is 0 Å². The molecule has 0 fully saturated rings. The molecule has 4 atom stereocenters. The van der Waals surface area contributed by atoms with E-state index in [-0.39, 0.29) is 10.8 Å². The van der Waals surface area contributed by atoms with E-state index in [4.69, 9.17) is 0 Å². The zero-order valence-corrected chi connectivity index (χ0v) is 20.3. The van der Waals surface area contributed by atoms with Crippen LogP contribution in [-0.2, 0) is 11.8 Å². The molecule has 0 N–H and O–H groups in total. The van der Waals surface area contributed by atoms with E-state index < -0.39 is 0 Å². The fourth-order valence-corrected chi connectivity index (χ4v) is 6.67. The highest BCUT2D eigenvalue weighted by Crippen LogP contribution is 2.64. The number of unbranched alkanes of at least 4 members (excludes halogenated alkanes) is 1. The molecule has 0 aliphatic carbocycles. The maximum Gasteiger partial charge on any atom is 0.180 e. The SMILES string of the molecule is CCCCc1ccc2c(c1)[N+](C)(CC)C1N2c2ccccc2C(C)(CC)C1(C)CC. The first-order valence-corrected chi connectivity index (χ1v) is 12.2. The molecule has 4 rings (SSSR count). The quantitative estimate of drug-likeness (QED) is 0.448. The molecule has 2 aromatic carbocycles. The van der Waals surface area contributed by atoms with Crippen LogP contribution in [0.1, 0.15) is 78.4 Å². The van der Waals surface area contributed by atoms with Crippen LogP contribution in [0.4, 0.5) is 17.1 Å². The number of benzene rings is 2. The van der Waals surface area contributed by atoms with Crippen LogP contribution in [0.2, 0.25) is 0 Å². The average Bonchev–Trinajstić information content (AvgIpc) is 3.05. The van der Waals surface area contributed by atoms with Crippen LogP contribution < -0.4 is 9.38 Å². The molecule has 30 heavy (non-hydrogen) atoms. The number of anilines is 2. The Hall–Kier alpha value is -1.80. The van der Waals surface area contributed by atoms with E-state index >= 15 is 0 Å². The van der Waals surface area contributed by atoms with Gasteiger partial charge in [-0.25, -0.2) is 0 Å². The lowest BCUT2D eigenvalue weighted by atomic mass is 9.55. The van der Waals surface area contributed by atoms with Gasteiger partial charge in [0, 0.05) is 16.9 Å². The molecule has 0 radical (unpaired) electrons. The number of para-hydroxylation sites is 1. The number of quaternary nitrogens is 1. The summed E-state index contributed by atoms with van der Waals surface area (Å²) in [6, 6.07) is 16.6. The number of fused-ring (bicyclic) bond motifs is 5. The summed E-state index contributed by atoms with van der Waals surface area (Å²) >= 11 is 0. The highest BCUT2D eigenvalue weighted by Gasteiger charge is 2.65. The van der Waals surface area contributed by atoms with Gasteiger partial charge in [0.05, 0.1) is 19.3 Å². The largest absolute Gasteiger partial charge is 0.285 e. The molecule has 162 valence electrons. The fraction of sp³-hybridized carbons (Fsp3) is 0.571. The maximum atomic E-state index is 2.72. The third-order valence-corrected chi connectivity index (χ3v) is 9.14. The van der Waals surface area contributed by atoms with Crippen LogP contribution in [0, 0.1) is 5.41 Å². The van der Waals surface area contributed by atoms with Gasteiger partial charge in [0.2, 0.25) is 0 Å². The Balaban J connectivity index is 2.01. The summed E-state index contributed by atoms with van der Waals surface area (Å²) in [7, 11) is 2.49. The van der Waals surface area contributed by atoms with Gasteiger partial charge in [-0.1, -0.05) is 65.3 Å². The van der Waals surface area contributed by atoms with Crippen LogP contribution in [-0.4, -0.2) is 19.8 Å². The number of rotatable bonds is 6. The van der Waals surface area contributed by atoms with E-state index in [1.54, 1.807) is 0 Å². The van der Waals surface area contributed by atoms with Gasteiger partial charge in [-0.05, 0) is 55.9 Å². The van der Waals surface area contributed by atoms with Gasteiger partial charge < -0.3 is 0 Å². The van der Waals surface area contributed by atoms with E-state index in [9.17, 15) is 0 Å². The second kappa shape index (κ2) is 7.41. The molecule has 2 aliphatic rings. The summed E-state index contributed by atoms with van der Waals surface area (Å²) in [5.74, 6) is 0. The standard InChI is InChI=1S/C28H41N2/c1-8-12-15-21-18-19-24-25(20-21)30(7,11-4)26-28(6,10-3)27(5,9-2)22-16-13-14-17-23(22)29(24)26/h13-14,16-20,26H,8-12,15H2,1-7H3/q+1. The fourth-order valence-electron chi connectivity index (χ4n) is 6.67. The van der Waals surface area contributed by atoms with Gasteiger partial charge in [0.25, 0.3) is 0 Å². The minimum Gasteiger partial charge on any atom is -0.285 e. The van der Waals surface area contributed by atoms with Gasteiger partial charge in [0.1, 0.15) is 5.69 Å². The van der Waals surface area contributed by atoms with Crippen molar-refractivity contribution >= 4 is 17.1 Å². The lowest BCUT2D eigenvalue weighted by molar-refractivity contribution is 0.0265. The van der Waals surface area contributed by atoms with Gasteiger partial charge in [-0.2, -0.15) is 0 Å². The number of hydrogen-bond acceptors (Lipinski definition) is 1. The molecule has 0 amide bonds. The van der Waals surface area contributed by atoms with Crippen molar-refractivity contribution in [2.75, 3.05) is 18.5 Å². The third kappa shape index (κ3) is 2.59. The Bertz CT molecular complexity index is 934. The topological polar surface area (TPSA) is 3.24 Å². The van der Waals surface area contributed by atoms with E-state index in [0.717, 1.165) is 11.0 Å². The predicted octanol–water partition coefficient (Wildman–Crippen LogP) is 7.56. The first-order valence-electron chi connectivity index (χ1n) is 12.2. The van der Waals surface area contributed by atoms with Crippen LogP contribution in [0.25, 0.3) is 0 Å². The molecule has 2 aromatic rings. The summed E-state index contributed by atoms with van der Waals surface area (Å²) in [4.78, 5) is 2.72. The highest BCUT2D eigenvalue weighted by atomic mass is 15.5. The van der Waals surface area contributed by atoms with Crippen molar-refractivity contribution in [1.29, 1.82) is 0 Å². The van der Waals surface area contributed by atoms with Crippen molar-refractivity contribution < 1.29 is 0 Å². The minimum atomic E-state index is 0.154. The molecule has 2 heterocycles. The van der Waals surface area contributed by atoms with Crippen molar-refractivity contribution in [1.82, 2.24) is 4.48 Å². The summed E-state index contributed by atoms with van der Waals surface area (Å²) in [5, 5.41) is 0. The van der Waals surface area contributed by atoms with Crippen molar-refractivity contribution in [3.05, 3.63) is 53.6 Å². The highest BCUT2D eigenvalue weighted by molar-refractivity contribution is 5.85. The van der Waals surface area contributed by atoms with Crippen LogP contribution in [0.15, 0.2) is 42.5 Å². The molecule has 0 saturated heterocycles. The minimum absolute atomic E-state index is 0.154. The Labute approximate surface area is 184 Å². The maximum absolute atomic E-state index is 2.72. The third-order valence-electron chi connectivity index (χ3n) is 9.14.